The van der Waals surface area contributed by atoms with Crippen LogP contribution in [0.3, 0.4) is 0 Å². The lowest BCUT2D eigenvalue weighted by Crippen LogP contribution is -2.64. The molecule has 2 amide bonds. The Morgan fingerprint density at radius 3 is 2.58 bits per heavy atom. The van der Waals surface area contributed by atoms with Gasteiger partial charge in [0.1, 0.15) is 17.0 Å². The molecular weight excluding hydrogens is 416 g/mol. The summed E-state index contributed by atoms with van der Waals surface area (Å²) in [6, 6.07) is 13.2. The average molecular weight is 447 g/mol. The molecular formula is C26H30N4O3. The minimum atomic E-state index is -1.06. The molecule has 7 nitrogen and oxygen atoms in total. The molecule has 0 aromatic carbocycles. The van der Waals surface area contributed by atoms with Gasteiger partial charge >= 0.3 is 0 Å². The molecule has 1 aliphatic heterocycles. The van der Waals surface area contributed by atoms with Gasteiger partial charge in [-0.05, 0) is 56.2 Å². The highest BCUT2D eigenvalue weighted by Crippen LogP contribution is 2.34. The molecule has 0 saturated heterocycles. The molecule has 0 radical (unpaired) electrons. The van der Waals surface area contributed by atoms with Crippen LogP contribution in [0.2, 0.25) is 0 Å². The van der Waals surface area contributed by atoms with E-state index in [4.69, 9.17) is 4.42 Å². The highest BCUT2D eigenvalue weighted by Gasteiger charge is 2.48. The Labute approximate surface area is 193 Å². The van der Waals surface area contributed by atoms with Crippen molar-refractivity contribution in [3.8, 4) is 11.5 Å². The van der Waals surface area contributed by atoms with Crippen LogP contribution in [-0.4, -0.2) is 37.8 Å². The lowest BCUT2D eigenvalue weighted by Gasteiger charge is -2.44. The minimum Gasteiger partial charge on any atom is -0.463 e. The third kappa shape index (κ3) is 4.08. The van der Waals surface area contributed by atoms with Crippen molar-refractivity contribution in [3.63, 3.8) is 0 Å². The Bertz CT molecular complexity index is 1110. The summed E-state index contributed by atoms with van der Waals surface area (Å²) in [5.74, 6) is 0.394. The molecule has 2 aliphatic rings. The molecule has 1 atom stereocenters. The summed E-state index contributed by atoms with van der Waals surface area (Å²) in [5, 5.41) is 3.29. The fourth-order valence-corrected chi connectivity index (χ4v) is 5.08. The molecule has 1 fully saturated rings. The van der Waals surface area contributed by atoms with Gasteiger partial charge in [-0.2, -0.15) is 0 Å². The third-order valence-electron chi connectivity index (χ3n) is 7.01. The van der Waals surface area contributed by atoms with Crippen LogP contribution >= 0.6 is 0 Å². The number of rotatable bonds is 5. The summed E-state index contributed by atoms with van der Waals surface area (Å²) < 4.78 is 7.53. The van der Waals surface area contributed by atoms with Gasteiger partial charge in [-0.1, -0.05) is 31.7 Å². The minimum absolute atomic E-state index is 0.108. The Hall–Kier alpha value is -3.35. The molecule has 0 spiro atoms. The maximum atomic E-state index is 13.8. The van der Waals surface area contributed by atoms with E-state index in [0.29, 0.717) is 18.0 Å². The fraction of sp³-hybridized carbons (Fsp3) is 0.423. The van der Waals surface area contributed by atoms with Crippen LogP contribution in [0.5, 0.6) is 0 Å². The second-order valence-electron chi connectivity index (χ2n) is 9.32. The molecule has 3 aromatic heterocycles. The van der Waals surface area contributed by atoms with Crippen molar-refractivity contribution in [2.45, 2.75) is 70.1 Å². The number of nitrogens with one attached hydrogen (secondary N) is 1. The van der Waals surface area contributed by atoms with Crippen molar-refractivity contribution in [1.82, 2.24) is 19.8 Å². The van der Waals surface area contributed by atoms with Gasteiger partial charge in [0.2, 0.25) is 5.91 Å². The summed E-state index contributed by atoms with van der Waals surface area (Å²) in [6.45, 7) is 2.49. The molecule has 0 unspecified atom stereocenters. The van der Waals surface area contributed by atoms with Crippen LogP contribution in [0.25, 0.3) is 11.5 Å². The second-order valence-corrected chi connectivity index (χ2v) is 9.32. The Morgan fingerprint density at radius 2 is 1.88 bits per heavy atom. The number of amides is 2. The predicted octanol–water partition coefficient (Wildman–Crippen LogP) is 4.40. The van der Waals surface area contributed by atoms with Crippen molar-refractivity contribution >= 4 is 11.8 Å². The van der Waals surface area contributed by atoms with Gasteiger partial charge in [0, 0.05) is 12.2 Å². The number of pyridine rings is 1. The van der Waals surface area contributed by atoms with Crippen molar-refractivity contribution in [1.29, 1.82) is 0 Å². The average Bonchev–Trinajstić information content (AvgIpc) is 3.42. The smallest absolute Gasteiger partial charge is 0.271 e. The number of hydrogen-bond acceptors (Lipinski definition) is 4. The van der Waals surface area contributed by atoms with Crippen LogP contribution < -0.4 is 5.32 Å². The second kappa shape index (κ2) is 8.89. The standard InChI is InChI=1S/C26H30N4O3/c1-26(25(32)28-19-9-4-2-3-5-10-19)18-29-21(23-12-8-16-33-23)13-14-22(29)24(31)30(26)17-20-11-6-7-15-27-20/h6-8,11-16,19H,2-5,9-10,17-18H2,1H3,(H,28,32)/t26-/m1/s1. The fourth-order valence-electron chi connectivity index (χ4n) is 5.08. The molecule has 3 aromatic rings. The van der Waals surface area contributed by atoms with Crippen LogP contribution in [0.15, 0.2) is 59.3 Å². The third-order valence-corrected chi connectivity index (χ3v) is 7.01. The van der Waals surface area contributed by atoms with Crippen LogP contribution in [-0.2, 0) is 17.9 Å². The molecule has 172 valence electrons. The maximum Gasteiger partial charge on any atom is 0.271 e. The lowest BCUT2D eigenvalue weighted by molar-refractivity contribution is -0.134. The van der Waals surface area contributed by atoms with Crippen molar-refractivity contribution in [2.24, 2.45) is 0 Å². The zero-order valence-corrected chi connectivity index (χ0v) is 19.0. The first-order valence-electron chi connectivity index (χ1n) is 11.8. The zero-order chi connectivity index (χ0) is 22.8. The number of aromatic nitrogens is 2. The number of nitrogens with zero attached hydrogens (tertiary/aromatic N) is 3. The van der Waals surface area contributed by atoms with E-state index in [9.17, 15) is 9.59 Å². The highest BCUT2D eigenvalue weighted by molar-refractivity contribution is 6.00. The van der Waals surface area contributed by atoms with E-state index < -0.39 is 5.54 Å². The number of carbonyl (C=O) groups is 2. The van der Waals surface area contributed by atoms with Gasteiger partial charge in [-0.3, -0.25) is 14.6 Å². The Kier molecular flexibility index (Phi) is 5.79. The highest BCUT2D eigenvalue weighted by atomic mass is 16.3. The number of carbonyl (C=O) groups excluding carboxylic acids is 2. The molecule has 0 bridgehead atoms. The van der Waals surface area contributed by atoms with Gasteiger partial charge in [-0.25, -0.2) is 0 Å². The zero-order valence-electron chi connectivity index (χ0n) is 19.0. The van der Waals surface area contributed by atoms with Gasteiger partial charge in [0.15, 0.2) is 0 Å². The van der Waals surface area contributed by atoms with Gasteiger partial charge in [-0.15, -0.1) is 0 Å². The summed E-state index contributed by atoms with van der Waals surface area (Å²) in [6.07, 6.45) is 9.99. The van der Waals surface area contributed by atoms with E-state index >= 15 is 0 Å². The van der Waals surface area contributed by atoms with E-state index in [1.165, 1.54) is 12.8 Å². The van der Waals surface area contributed by atoms with Crippen LogP contribution in [0.1, 0.15) is 61.6 Å². The van der Waals surface area contributed by atoms with Crippen LogP contribution in [0, 0.1) is 0 Å². The maximum absolute atomic E-state index is 13.8. The summed E-state index contributed by atoms with van der Waals surface area (Å²) in [4.78, 5) is 33.6. The van der Waals surface area contributed by atoms with Crippen molar-refractivity contribution < 1.29 is 14.0 Å². The van der Waals surface area contributed by atoms with E-state index in [1.807, 2.05) is 54.0 Å². The van der Waals surface area contributed by atoms with Crippen LogP contribution in [0.4, 0.5) is 0 Å². The largest absolute Gasteiger partial charge is 0.463 e. The first kappa shape index (κ1) is 21.5. The van der Waals surface area contributed by atoms with Crippen molar-refractivity contribution in [2.75, 3.05) is 0 Å². The van der Waals surface area contributed by atoms with Crippen molar-refractivity contribution in [3.05, 3.63) is 66.3 Å². The van der Waals surface area contributed by atoms with E-state index in [0.717, 1.165) is 37.1 Å². The molecule has 4 heterocycles. The number of furan rings is 1. The monoisotopic (exact) mass is 446 g/mol. The molecule has 1 aliphatic carbocycles. The van der Waals surface area contributed by atoms with Gasteiger partial charge < -0.3 is 19.2 Å². The molecule has 1 saturated carbocycles. The Balaban J connectivity index is 1.51. The first-order valence-corrected chi connectivity index (χ1v) is 11.8. The van der Waals surface area contributed by atoms with E-state index in [2.05, 4.69) is 10.3 Å². The predicted molar refractivity (Wildman–Crippen MR) is 124 cm³/mol. The van der Waals surface area contributed by atoms with E-state index in [1.54, 1.807) is 17.4 Å². The SMILES string of the molecule is C[C@]1(C(=O)NC2CCCCCC2)Cn2c(ccc2-c2ccco2)C(=O)N1Cc1ccccn1. The number of hydrogen-bond donors (Lipinski definition) is 1. The first-order chi connectivity index (χ1) is 16.1. The quantitative estimate of drug-likeness (QED) is 0.589. The Morgan fingerprint density at radius 1 is 1.09 bits per heavy atom. The summed E-state index contributed by atoms with van der Waals surface area (Å²) >= 11 is 0. The topological polar surface area (TPSA) is 80.4 Å². The summed E-state index contributed by atoms with van der Waals surface area (Å²) in [7, 11) is 0. The van der Waals surface area contributed by atoms with Gasteiger partial charge in [0.05, 0.1) is 30.7 Å². The lowest BCUT2D eigenvalue weighted by atomic mass is 9.93. The normalized spacial score (nSPS) is 21.5. The molecule has 1 N–H and O–H groups in total. The van der Waals surface area contributed by atoms with Gasteiger partial charge in [0.25, 0.3) is 5.91 Å². The molecule has 33 heavy (non-hydrogen) atoms. The molecule has 5 rings (SSSR count). The summed E-state index contributed by atoms with van der Waals surface area (Å²) in [5.41, 5.74) is 1.05. The number of fused-ring (bicyclic) bond motifs is 1. The molecule has 7 heteroatoms. The van der Waals surface area contributed by atoms with E-state index in [-0.39, 0.29) is 24.4 Å².